The van der Waals surface area contributed by atoms with E-state index < -0.39 is 67.3 Å². The molecule has 0 aromatic rings. The molecule has 0 radical (unpaired) electrons. The third-order valence-electron chi connectivity index (χ3n) is 11.4. The van der Waals surface area contributed by atoms with Gasteiger partial charge in [0, 0.05) is 19.3 Å². The minimum absolute atomic E-state index is 0.0112. The standard InChI is InChI=1S/C63H94O12/c1-4-7-10-13-16-19-22-25-27-28-30-32-34-37-40-43-46-49-55(64)71-52-54(73-56(65)50-47-44-41-38-35-31-24-21-18-15-12-9-6-3)53-72-63-61(59(68)58(67)60(75-63)62(69)70)74-57(66)51-48-45-42-39-36-33-29-26-23-20-17-14-11-8-5-2/h7-12,16-21,25-27,29-32,35-36,39,41,44,54,58-61,63,67-68H,4-6,13-15,22-24,28,33-34,37-38,40,42-43,45-53H2,1-3H3,(H,69,70)/b10-7-,11-8-,12-9-,19-16-,20-17-,21-18-,27-25-,29-26-,32-30-,35-31-,39-36-,44-41-. The predicted octanol–water partition coefficient (Wildman–Crippen LogP) is 14.0. The highest BCUT2D eigenvalue weighted by atomic mass is 16.7. The Hall–Kier alpha value is -5.40. The van der Waals surface area contributed by atoms with Crippen LogP contribution >= 0.6 is 0 Å². The van der Waals surface area contributed by atoms with E-state index in [1.165, 1.54) is 0 Å². The largest absolute Gasteiger partial charge is 0.479 e. The van der Waals surface area contributed by atoms with Crippen molar-refractivity contribution in [1.82, 2.24) is 0 Å². The monoisotopic (exact) mass is 1040 g/mol. The van der Waals surface area contributed by atoms with E-state index in [0.717, 1.165) is 103 Å². The summed E-state index contributed by atoms with van der Waals surface area (Å²) in [5.74, 6) is -3.35. The second-order valence-corrected chi connectivity index (χ2v) is 18.1. The zero-order valence-corrected chi connectivity index (χ0v) is 45.7. The van der Waals surface area contributed by atoms with Crippen molar-refractivity contribution in [3.8, 4) is 0 Å². The Morgan fingerprint density at radius 1 is 0.440 bits per heavy atom. The number of carboxylic acids is 1. The van der Waals surface area contributed by atoms with Gasteiger partial charge in [0.15, 0.2) is 24.6 Å². The summed E-state index contributed by atoms with van der Waals surface area (Å²) in [5, 5.41) is 31.4. The van der Waals surface area contributed by atoms with Gasteiger partial charge in [-0.1, -0.05) is 179 Å². The van der Waals surface area contributed by atoms with E-state index in [9.17, 15) is 34.5 Å². The van der Waals surface area contributed by atoms with Gasteiger partial charge in [-0.15, -0.1) is 0 Å². The van der Waals surface area contributed by atoms with Crippen LogP contribution in [0.4, 0.5) is 0 Å². The van der Waals surface area contributed by atoms with Gasteiger partial charge in [0.1, 0.15) is 18.8 Å². The molecule has 0 bridgehead atoms. The number of aliphatic hydroxyl groups excluding tert-OH is 2. The van der Waals surface area contributed by atoms with Crippen LogP contribution in [-0.4, -0.2) is 89.2 Å². The van der Waals surface area contributed by atoms with Crippen LogP contribution in [0.3, 0.4) is 0 Å². The predicted molar refractivity (Wildman–Crippen MR) is 302 cm³/mol. The summed E-state index contributed by atoms with van der Waals surface area (Å²) in [6, 6.07) is 0. The zero-order valence-electron chi connectivity index (χ0n) is 45.7. The number of hydrogen-bond acceptors (Lipinski definition) is 11. The molecule has 6 atom stereocenters. The number of unbranched alkanes of at least 4 members (excludes halogenated alkanes) is 6. The van der Waals surface area contributed by atoms with Gasteiger partial charge >= 0.3 is 23.9 Å². The van der Waals surface area contributed by atoms with Crippen molar-refractivity contribution in [1.29, 1.82) is 0 Å². The smallest absolute Gasteiger partial charge is 0.335 e. The maximum Gasteiger partial charge on any atom is 0.335 e. The van der Waals surface area contributed by atoms with Gasteiger partial charge in [-0.3, -0.25) is 14.4 Å². The highest BCUT2D eigenvalue weighted by Crippen LogP contribution is 2.26. The number of ether oxygens (including phenoxy) is 5. The van der Waals surface area contributed by atoms with E-state index in [1.807, 2.05) is 24.3 Å². The topological polar surface area (TPSA) is 175 Å². The Kier molecular flexibility index (Phi) is 44.6. The van der Waals surface area contributed by atoms with Crippen LogP contribution in [0.2, 0.25) is 0 Å². The van der Waals surface area contributed by atoms with Crippen molar-refractivity contribution in [3.63, 3.8) is 0 Å². The molecule has 12 nitrogen and oxygen atoms in total. The third kappa shape index (κ3) is 39.7. The van der Waals surface area contributed by atoms with Gasteiger partial charge in [-0.05, 0) is 122 Å². The van der Waals surface area contributed by atoms with E-state index >= 15 is 0 Å². The molecule has 1 aliphatic rings. The lowest BCUT2D eigenvalue weighted by Crippen LogP contribution is -2.61. The normalized spacial score (nSPS) is 19.3. The van der Waals surface area contributed by atoms with E-state index in [1.54, 1.807) is 0 Å². The highest BCUT2D eigenvalue weighted by Gasteiger charge is 2.50. The van der Waals surface area contributed by atoms with E-state index in [0.29, 0.717) is 32.1 Å². The van der Waals surface area contributed by atoms with Gasteiger partial charge in [0.05, 0.1) is 6.61 Å². The fraction of sp³-hybridized carbons (Fsp3) is 0.556. The summed E-state index contributed by atoms with van der Waals surface area (Å²) in [7, 11) is 0. The van der Waals surface area contributed by atoms with Crippen LogP contribution in [0.15, 0.2) is 146 Å². The van der Waals surface area contributed by atoms with Gasteiger partial charge in [0.2, 0.25) is 0 Å². The van der Waals surface area contributed by atoms with Crippen LogP contribution in [0, 0.1) is 0 Å². The van der Waals surface area contributed by atoms with Gasteiger partial charge in [-0.2, -0.15) is 0 Å². The molecule has 1 heterocycles. The number of carbonyl (C=O) groups is 4. The number of aliphatic carboxylic acids is 1. The molecular formula is C63H94O12. The van der Waals surface area contributed by atoms with Crippen molar-refractivity contribution in [3.05, 3.63) is 146 Å². The average Bonchev–Trinajstić information content (AvgIpc) is 3.39. The van der Waals surface area contributed by atoms with Crippen molar-refractivity contribution in [2.75, 3.05) is 13.2 Å². The fourth-order valence-corrected chi connectivity index (χ4v) is 7.24. The molecule has 0 aromatic heterocycles. The molecule has 12 heteroatoms. The second kappa shape index (κ2) is 49.5. The Morgan fingerprint density at radius 3 is 1.28 bits per heavy atom. The minimum atomic E-state index is -1.94. The summed E-state index contributed by atoms with van der Waals surface area (Å²) < 4.78 is 28.2. The molecule has 3 N–H and O–H groups in total. The first-order chi connectivity index (χ1) is 36.6. The first-order valence-electron chi connectivity index (χ1n) is 27.8. The fourth-order valence-electron chi connectivity index (χ4n) is 7.24. The summed E-state index contributed by atoms with van der Waals surface area (Å²) in [4.78, 5) is 51.0. The Bertz CT molecular complexity index is 1860. The molecule has 1 aliphatic heterocycles. The average molecular weight is 1040 g/mol. The zero-order chi connectivity index (χ0) is 54.7. The lowest BCUT2D eigenvalue weighted by atomic mass is 9.98. The lowest BCUT2D eigenvalue weighted by Gasteiger charge is -2.40. The number of rotatable bonds is 44. The van der Waals surface area contributed by atoms with Gasteiger partial charge < -0.3 is 39.0 Å². The summed E-state index contributed by atoms with van der Waals surface area (Å²) in [5.41, 5.74) is 0. The van der Waals surface area contributed by atoms with Crippen LogP contribution in [-0.2, 0) is 42.9 Å². The molecule has 6 unspecified atom stereocenters. The Morgan fingerprint density at radius 2 is 0.827 bits per heavy atom. The van der Waals surface area contributed by atoms with E-state index in [4.69, 9.17) is 23.7 Å². The molecule has 0 aromatic carbocycles. The van der Waals surface area contributed by atoms with E-state index in [-0.39, 0.29) is 25.9 Å². The third-order valence-corrected chi connectivity index (χ3v) is 11.4. The molecule has 0 aliphatic carbocycles. The summed E-state index contributed by atoms with van der Waals surface area (Å²) in [6.45, 7) is 5.51. The first kappa shape index (κ1) is 67.6. The quantitative estimate of drug-likeness (QED) is 0.0228. The number of carboxylic acid groups (broad SMARTS) is 1. The van der Waals surface area contributed by atoms with Crippen LogP contribution in [0.1, 0.15) is 175 Å². The number of aliphatic hydroxyl groups is 2. The molecule has 0 amide bonds. The number of allylic oxidation sites excluding steroid dienone is 24. The van der Waals surface area contributed by atoms with Crippen LogP contribution in [0.5, 0.6) is 0 Å². The highest BCUT2D eigenvalue weighted by molar-refractivity contribution is 5.74. The number of esters is 3. The number of carbonyl (C=O) groups excluding carboxylic acids is 3. The summed E-state index contributed by atoms with van der Waals surface area (Å²) >= 11 is 0. The maximum absolute atomic E-state index is 13.1. The molecule has 1 saturated heterocycles. The molecule has 418 valence electrons. The minimum Gasteiger partial charge on any atom is -0.479 e. The van der Waals surface area contributed by atoms with Gasteiger partial charge in [-0.25, -0.2) is 4.79 Å². The summed E-state index contributed by atoms with van der Waals surface area (Å²) in [6.07, 6.45) is 58.4. The molecule has 1 fully saturated rings. The maximum atomic E-state index is 13.1. The van der Waals surface area contributed by atoms with Crippen LogP contribution in [0.25, 0.3) is 0 Å². The van der Waals surface area contributed by atoms with Gasteiger partial charge in [0.25, 0.3) is 0 Å². The molecule has 0 spiro atoms. The van der Waals surface area contributed by atoms with Crippen LogP contribution < -0.4 is 0 Å². The van der Waals surface area contributed by atoms with E-state index in [2.05, 4.69) is 142 Å². The number of hydrogen-bond donors (Lipinski definition) is 3. The van der Waals surface area contributed by atoms with Crippen molar-refractivity contribution < 1.29 is 58.2 Å². The van der Waals surface area contributed by atoms with Crippen molar-refractivity contribution in [2.24, 2.45) is 0 Å². The van der Waals surface area contributed by atoms with Crippen molar-refractivity contribution in [2.45, 2.75) is 212 Å². The first-order valence-corrected chi connectivity index (χ1v) is 27.8. The Labute approximate surface area is 451 Å². The SMILES string of the molecule is CC/C=C\C/C=C\C/C=C\C/C=C\CCCCCCC(=O)OCC(COC1OC(C(=O)O)C(O)C(O)C1OC(=O)CCCC/C=C\C/C=C\C/C=C\C/C=C\CC)OC(=O)CC/C=C\C/C=C\C/C=C\C/C=C\CC. The van der Waals surface area contributed by atoms with Crippen molar-refractivity contribution >= 4 is 23.9 Å². The second-order valence-electron chi connectivity index (χ2n) is 18.1. The molecular weight excluding hydrogens is 949 g/mol. The Balaban J connectivity index is 2.80. The molecule has 75 heavy (non-hydrogen) atoms. The molecule has 1 rings (SSSR count). The molecule has 0 saturated carbocycles. The lowest BCUT2D eigenvalue weighted by molar-refractivity contribution is -0.301.